The molecule has 148 valence electrons. The first-order valence-corrected chi connectivity index (χ1v) is 9.96. The number of para-hydroxylation sites is 1. The summed E-state index contributed by atoms with van der Waals surface area (Å²) in [4.78, 5) is 15.1. The Balaban J connectivity index is 1.97. The number of rotatable bonds is 5. The van der Waals surface area contributed by atoms with Gasteiger partial charge in [0, 0.05) is 13.1 Å². The third-order valence-electron chi connectivity index (χ3n) is 3.88. The Morgan fingerprint density at radius 2 is 1.89 bits per heavy atom. The molecule has 0 atom stereocenters. The first-order valence-electron chi connectivity index (χ1n) is 7.66. The van der Waals surface area contributed by atoms with Crippen molar-refractivity contribution in [2.75, 3.05) is 11.9 Å². The van der Waals surface area contributed by atoms with E-state index < -0.39 is 30.9 Å². The molecule has 0 bridgehead atoms. The van der Waals surface area contributed by atoms with Gasteiger partial charge >= 0.3 is 5.51 Å². The summed E-state index contributed by atoms with van der Waals surface area (Å²) in [5.41, 5.74) is -5.55. The number of thiazole rings is 1. The number of anilines is 1. The van der Waals surface area contributed by atoms with Gasteiger partial charge in [0.2, 0.25) is 0 Å². The van der Waals surface area contributed by atoms with Gasteiger partial charge in [-0.05, 0) is 24.3 Å². The lowest BCUT2D eigenvalue weighted by molar-refractivity contribution is -0.384. The van der Waals surface area contributed by atoms with E-state index in [-0.39, 0.29) is 12.2 Å². The Hall–Kier alpha value is -2.73. The quantitative estimate of drug-likeness (QED) is 0.445. The smallest absolute Gasteiger partial charge is 0.362 e. The normalized spacial score (nSPS) is 12.3. The van der Waals surface area contributed by atoms with E-state index in [9.17, 15) is 31.7 Å². The highest BCUT2D eigenvalue weighted by molar-refractivity contribution is 7.92. The maximum absolute atomic E-state index is 12.7. The Morgan fingerprint density at radius 1 is 1.21 bits per heavy atom. The van der Waals surface area contributed by atoms with Crippen LogP contribution in [0.5, 0.6) is 0 Å². The molecule has 1 heterocycles. The lowest BCUT2D eigenvalue weighted by Gasteiger charge is -2.18. The van der Waals surface area contributed by atoms with Gasteiger partial charge in [0.15, 0.2) is 0 Å². The van der Waals surface area contributed by atoms with Crippen LogP contribution < -0.4 is 4.90 Å². The number of aromatic nitrogens is 1. The van der Waals surface area contributed by atoms with Gasteiger partial charge in [-0.1, -0.05) is 12.1 Å². The van der Waals surface area contributed by atoms with E-state index in [0.29, 0.717) is 17.1 Å². The van der Waals surface area contributed by atoms with Gasteiger partial charge in [-0.2, -0.15) is 13.2 Å². The zero-order chi connectivity index (χ0) is 20.7. The molecule has 0 N–H and O–H groups in total. The Bertz CT molecular complexity index is 1130. The van der Waals surface area contributed by atoms with Crippen molar-refractivity contribution in [2.45, 2.75) is 16.9 Å². The molecule has 0 aliphatic heterocycles. The third-order valence-corrected chi connectivity index (χ3v) is 6.39. The highest BCUT2D eigenvalue weighted by Gasteiger charge is 2.47. The van der Waals surface area contributed by atoms with E-state index in [1.54, 1.807) is 0 Å². The minimum atomic E-state index is -5.68. The van der Waals surface area contributed by atoms with Crippen molar-refractivity contribution < 1.29 is 26.5 Å². The highest BCUT2D eigenvalue weighted by atomic mass is 32.2. The topological polar surface area (TPSA) is 93.4 Å². The van der Waals surface area contributed by atoms with E-state index >= 15 is 0 Å². The third kappa shape index (κ3) is 3.64. The van der Waals surface area contributed by atoms with Gasteiger partial charge in [-0.3, -0.25) is 10.1 Å². The van der Waals surface area contributed by atoms with Crippen molar-refractivity contribution in [3.8, 4) is 0 Å². The van der Waals surface area contributed by atoms with Crippen LogP contribution in [-0.2, 0) is 16.4 Å². The molecule has 2 aromatic carbocycles. The Labute approximate surface area is 161 Å². The van der Waals surface area contributed by atoms with Gasteiger partial charge in [0.05, 0.1) is 26.6 Å². The second-order valence-corrected chi connectivity index (χ2v) is 8.84. The molecule has 7 nitrogen and oxygen atoms in total. The number of hydrogen-bond donors (Lipinski definition) is 0. The van der Waals surface area contributed by atoms with Gasteiger partial charge in [0.25, 0.3) is 15.5 Å². The molecule has 0 spiro atoms. The number of alkyl halides is 3. The van der Waals surface area contributed by atoms with Crippen molar-refractivity contribution in [2.24, 2.45) is 0 Å². The molecule has 0 unspecified atom stereocenters. The van der Waals surface area contributed by atoms with Gasteiger partial charge in [-0.15, -0.1) is 11.3 Å². The molecule has 0 saturated heterocycles. The number of hydrogen-bond acceptors (Lipinski definition) is 7. The summed E-state index contributed by atoms with van der Waals surface area (Å²) in [6.07, 6.45) is 0. The zero-order valence-electron chi connectivity index (χ0n) is 14.2. The summed E-state index contributed by atoms with van der Waals surface area (Å²) in [7, 11) is -4.18. The van der Waals surface area contributed by atoms with Gasteiger partial charge in [0.1, 0.15) is 10.7 Å². The molecule has 3 rings (SSSR count). The van der Waals surface area contributed by atoms with Crippen molar-refractivity contribution >= 4 is 42.8 Å². The minimum Gasteiger partial charge on any atom is -0.362 e. The molecule has 3 aromatic rings. The Kier molecular flexibility index (Phi) is 5.02. The van der Waals surface area contributed by atoms with Crippen molar-refractivity contribution in [3.05, 3.63) is 57.6 Å². The molecule has 28 heavy (non-hydrogen) atoms. The summed E-state index contributed by atoms with van der Waals surface area (Å²) in [5.74, 6) is 0. The molecule has 0 fully saturated rings. The van der Waals surface area contributed by atoms with Crippen molar-refractivity contribution in [1.82, 2.24) is 4.98 Å². The standard InChI is InChI=1S/C16H12F3N3O4S2/c1-21(9-15-20-11-4-2-3-5-14(11)27-15)12-7-6-10(8-13(12)22(23)24)28(25,26)16(17,18)19/h2-8H,9H2,1H3. The monoisotopic (exact) mass is 431 g/mol. The first-order chi connectivity index (χ1) is 13.0. The number of sulfone groups is 1. The molecule has 12 heteroatoms. The number of nitrogens with zero attached hydrogens (tertiary/aromatic N) is 3. The largest absolute Gasteiger partial charge is 0.501 e. The minimum absolute atomic E-state index is 0.0228. The summed E-state index contributed by atoms with van der Waals surface area (Å²) in [6, 6.07) is 9.47. The summed E-state index contributed by atoms with van der Waals surface area (Å²) >= 11 is 1.38. The average molecular weight is 431 g/mol. The van der Waals surface area contributed by atoms with E-state index in [1.165, 1.54) is 23.3 Å². The fourth-order valence-corrected chi connectivity index (χ4v) is 4.35. The highest BCUT2D eigenvalue weighted by Crippen LogP contribution is 2.36. The number of benzene rings is 2. The van der Waals surface area contributed by atoms with Gasteiger partial charge < -0.3 is 4.90 Å². The molecule has 0 amide bonds. The molecule has 0 aliphatic carbocycles. The number of nitro benzene ring substituents is 1. The Morgan fingerprint density at radius 3 is 2.50 bits per heavy atom. The van der Waals surface area contributed by atoms with Crippen molar-refractivity contribution in [1.29, 1.82) is 0 Å². The predicted molar refractivity (Wildman–Crippen MR) is 98.1 cm³/mol. The van der Waals surface area contributed by atoms with Crippen LogP contribution >= 0.6 is 11.3 Å². The molecular formula is C16H12F3N3O4S2. The van der Waals surface area contributed by atoms with E-state index in [0.717, 1.165) is 16.3 Å². The number of fused-ring (bicyclic) bond motifs is 1. The first kappa shape index (κ1) is 20.0. The summed E-state index contributed by atoms with van der Waals surface area (Å²) in [5, 5.41) is 12.0. The SMILES string of the molecule is CN(Cc1nc2ccccc2s1)c1ccc(S(=O)(=O)C(F)(F)F)cc1[N+](=O)[O-]. The second-order valence-electron chi connectivity index (χ2n) is 5.79. The fraction of sp³-hybridized carbons (Fsp3) is 0.188. The molecular weight excluding hydrogens is 419 g/mol. The van der Waals surface area contributed by atoms with Crippen LogP contribution in [0.4, 0.5) is 24.5 Å². The average Bonchev–Trinajstić information content (AvgIpc) is 3.02. The van der Waals surface area contributed by atoms with Crippen molar-refractivity contribution in [3.63, 3.8) is 0 Å². The number of halogens is 3. The summed E-state index contributed by atoms with van der Waals surface area (Å²) < 4.78 is 62.2. The fourth-order valence-electron chi connectivity index (χ4n) is 2.55. The van der Waals surface area contributed by atoms with E-state index in [1.807, 2.05) is 24.3 Å². The number of nitro groups is 1. The lowest BCUT2D eigenvalue weighted by Crippen LogP contribution is -2.24. The van der Waals surface area contributed by atoms with Gasteiger partial charge in [-0.25, -0.2) is 13.4 Å². The molecule has 0 radical (unpaired) electrons. The maximum atomic E-state index is 12.7. The zero-order valence-corrected chi connectivity index (χ0v) is 15.8. The van der Waals surface area contributed by atoms with Crippen LogP contribution in [0, 0.1) is 10.1 Å². The van der Waals surface area contributed by atoms with Crippen LogP contribution in [-0.4, -0.2) is 30.9 Å². The second kappa shape index (κ2) is 7.02. The molecule has 0 aliphatic rings. The van der Waals surface area contributed by atoms with Crippen LogP contribution in [0.3, 0.4) is 0 Å². The lowest BCUT2D eigenvalue weighted by atomic mass is 10.2. The van der Waals surface area contributed by atoms with Crippen LogP contribution in [0.15, 0.2) is 47.4 Å². The van der Waals surface area contributed by atoms with E-state index in [4.69, 9.17) is 0 Å². The maximum Gasteiger partial charge on any atom is 0.501 e. The van der Waals surface area contributed by atoms with Crippen LogP contribution in [0.2, 0.25) is 0 Å². The van der Waals surface area contributed by atoms with Crippen LogP contribution in [0.25, 0.3) is 10.2 Å². The molecule has 1 aromatic heterocycles. The summed E-state index contributed by atoms with van der Waals surface area (Å²) in [6.45, 7) is 0.158. The van der Waals surface area contributed by atoms with Crippen LogP contribution in [0.1, 0.15) is 5.01 Å². The van der Waals surface area contributed by atoms with E-state index in [2.05, 4.69) is 4.98 Å². The molecule has 0 saturated carbocycles. The predicted octanol–water partition coefficient (Wildman–Crippen LogP) is 4.13.